The van der Waals surface area contributed by atoms with Crippen molar-refractivity contribution in [2.24, 2.45) is 5.11 Å². The highest BCUT2D eigenvalue weighted by Gasteiger charge is 2.07. The van der Waals surface area contributed by atoms with Gasteiger partial charge in [0.2, 0.25) is 5.82 Å². The fourth-order valence-corrected chi connectivity index (χ4v) is 0.798. The minimum atomic E-state index is -0.603. The van der Waals surface area contributed by atoms with E-state index < -0.39 is 5.97 Å². The fourth-order valence-electron chi connectivity index (χ4n) is 0.798. The summed E-state index contributed by atoms with van der Waals surface area (Å²) in [5, 5.41) is 3.24. The van der Waals surface area contributed by atoms with Gasteiger partial charge in [0, 0.05) is 17.3 Å². The second-order valence-electron chi connectivity index (χ2n) is 2.48. The monoisotopic (exact) mass is 217 g/mol. The molecule has 0 aromatic carbocycles. The summed E-state index contributed by atoms with van der Waals surface area (Å²) >= 11 is 0. The number of methoxy groups -OCH3 is 1. The molecule has 1 aromatic rings. The van der Waals surface area contributed by atoms with Crippen molar-refractivity contribution in [1.29, 1.82) is 0 Å². The lowest BCUT2D eigenvalue weighted by atomic mass is 10.3. The van der Waals surface area contributed by atoms with Crippen molar-refractivity contribution in [2.45, 2.75) is 0 Å². The molecule has 0 saturated carbocycles. The lowest BCUT2D eigenvalue weighted by Gasteiger charge is -1.95. The first kappa shape index (κ1) is 11.5. The number of hydrogen-bond donors (Lipinski definition) is 0. The second kappa shape index (κ2) is 6.01. The van der Waals surface area contributed by atoms with Crippen LogP contribution >= 0.6 is 0 Å². The van der Waals surface area contributed by atoms with E-state index in [0.717, 1.165) is 0 Å². The van der Waals surface area contributed by atoms with E-state index in [0.29, 0.717) is 5.56 Å². The van der Waals surface area contributed by atoms with Gasteiger partial charge in [0.15, 0.2) is 0 Å². The number of aromatic nitrogens is 2. The predicted octanol–water partition coefficient (Wildman–Crippen LogP) is 0.925. The normalized spacial score (nSPS) is 8.31. The summed E-state index contributed by atoms with van der Waals surface area (Å²) in [5.74, 6) is 4.64. The van der Waals surface area contributed by atoms with Crippen LogP contribution in [0.4, 0.5) is 0 Å². The Labute approximate surface area is 91.1 Å². The van der Waals surface area contributed by atoms with Crippen LogP contribution in [0.25, 0.3) is 10.4 Å². The van der Waals surface area contributed by atoms with Crippen LogP contribution in [-0.4, -0.2) is 29.6 Å². The van der Waals surface area contributed by atoms with Gasteiger partial charge in [-0.15, -0.1) is 0 Å². The Hall–Kier alpha value is -2.58. The Balaban J connectivity index is 2.74. The Kier molecular flexibility index (Phi) is 4.32. The summed E-state index contributed by atoms with van der Waals surface area (Å²) in [6.07, 6.45) is 2.78. The zero-order valence-electron chi connectivity index (χ0n) is 8.41. The summed E-state index contributed by atoms with van der Waals surface area (Å²) in [6, 6.07) is 0. The topological polar surface area (TPSA) is 101 Å². The van der Waals surface area contributed by atoms with Gasteiger partial charge in [-0.05, 0) is 5.53 Å². The van der Waals surface area contributed by atoms with Gasteiger partial charge in [-0.2, -0.15) is 0 Å². The summed E-state index contributed by atoms with van der Waals surface area (Å²) in [7, 11) is 1.25. The van der Waals surface area contributed by atoms with E-state index in [1.54, 1.807) is 0 Å². The van der Waals surface area contributed by atoms with Crippen LogP contribution in [0.1, 0.15) is 16.2 Å². The lowest BCUT2D eigenvalue weighted by Crippen LogP contribution is -2.06. The van der Waals surface area contributed by atoms with Gasteiger partial charge in [0.25, 0.3) is 0 Å². The molecule has 0 aliphatic heterocycles. The van der Waals surface area contributed by atoms with Crippen LogP contribution in [0.3, 0.4) is 0 Å². The van der Waals surface area contributed by atoms with Gasteiger partial charge in [0.1, 0.15) is 0 Å². The van der Waals surface area contributed by atoms with E-state index in [-0.39, 0.29) is 12.4 Å². The molecule has 0 N–H and O–H groups in total. The molecule has 16 heavy (non-hydrogen) atoms. The Morgan fingerprint density at radius 1 is 1.62 bits per heavy atom. The average Bonchev–Trinajstić information content (AvgIpc) is 2.34. The molecule has 0 radical (unpaired) electrons. The molecule has 1 aromatic heterocycles. The predicted molar refractivity (Wildman–Crippen MR) is 54.3 cm³/mol. The second-order valence-corrected chi connectivity index (χ2v) is 2.48. The van der Waals surface area contributed by atoms with E-state index in [1.807, 2.05) is 0 Å². The van der Waals surface area contributed by atoms with Gasteiger partial charge < -0.3 is 4.74 Å². The van der Waals surface area contributed by atoms with Crippen LogP contribution < -0.4 is 0 Å². The van der Waals surface area contributed by atoms with E-state index in [9.17, 15) is 4.79 Å². The lowest BCUT2D eigenvalue weighted by molar-refractivity contribution is 0.0586. The number of esters is 1. The molecule has 0 spiro atoms. The molecule has 0 bridgehead atoms. The van der Waals surface area contributed by atoms with Gasteiger partial charge in [-0.3, -0.25) is 0 Å². The summed E-state index contributed by atoms with van der Waals surface area (Å²) < 4.78 is 4.43. The molecule has 0 aliphatic rings. The Morgan fingerprint density at radius 3 is 2.88 bits per heavy atom. The van der Waals surface area contributed by atoms with Gasteiger partial charge in [-0.1, -0.05) is 17.0 Å². The number of carbonyl (C=O) groups excluding carboxylic acids is 1. The Bertz CT molecular complexity index is 479. The van der Waals surface area contributed by atoms with E-state index in [4.69, 9.17) is 5.53 Å². The highest BCUT2D eigenvalue weighted by molar-refractivity contribution is 5.84. The van der Waals surface area contributed by atoms with Crippen molar-refractivity contribution in [3.8, 4) is 11.8 Å². The first-order valence-corrected chi connectivity index (χ1v) is 4.18. The molecule has 0 aliphatic carbocycles. The van der Waals surface area contributed by atoms with Crippen molar-refractivity contribution in [3.05, 3.63) is 34.2 Å². The highest BCUT2D eigenvalue weighted by atomic mass is 16.5. The Morgan fingerprint density at radius 2 is 2.31 bits per heavy atom. The number of hydrogen-bond acceptors (Lipinski definition) is 5. The van der Waals surface area contributed by atoms with Gasteiger partial charge in [0.05, 0.1) is 19.2 Å². The maximum Gasteiger partial charge on any atom is 0.376 e. The number of carbonyl (C=O) groups is 1. The van der Waals surface area contributed by atoms with Gasteiger partial charge >= 0.3 is 5.97 Å². The molecule has 0 fully saturated rings. The van der Waals surface area contributed by atoms with Crippen LogP contribution in [0.2, 0.25) is 0 Å². The number of rotatable bonds is 2. The van der Waals surface area contributed by atoms with Crippen LogP contribution in [-0.2, 0) is 4.74 Å². The summed E-state index contributed by atoms with van der Waals surface area (Å²) in [5.41, 5.74) is 8.53. The number of ether oxygens (including phenoxy) is 1. The minimum absolute atomic E-state index is 0.0249. The molecule has 0 unspecified atom stereocenters. The summed E-state index contributed by atoms with van der Waals surface area (Å²) in [6.45, 7) is 0.0786. The van der Waals surface area contributed by atoms with Crippen molar-refractivity contribution in [2.75, 3.05) is 13.7 Å². The van der Waals surface area contributed by atoms with Gasteiger partial charge in [-0.25, -0.2) is 14.8 Å². The van der Waals surface area contributed by atoms with Crippen molar-refractivity contribution in [1.82, 2.24) is 9.97 Å². The summed E-state index contributed by atoms with van der Waals surface area (Å²) in [4.78, 5) is 21.0. The fraction of sp³-hybridized carbons (Fsp3) is 0.222. The molecule has 0 saturated heterocycles. The molecular weight excluding hydrogens is 210 g/mol. The maximum absolute atomic E-state index is 11.0. The molecule has 0 atom stereocenters. The number of nitrogens with zero attached hydrogens (tertiary/aromatic N) is 5. The third-order valence-electron chi connectivity index (χ3n) is 1.47. The largest absolute Gasteiger partial charge is 0.463 e. The first-order valence-electron chi connectivity index (χ1n) is 4.18. The van der Waals surface area contributed by atoms with E-state index in [2.05, 4.69) is 36.6 Å². The quantitative estimate of drug-likeness (QED) is 0.241. The van der Waals surface area contributed by atoms with Crippen LogP contribution in [0, 0.1) is 11.8 Å². The van der Waals surface area contributed by atoms with E-state index >= 15 is 0 Å². The minimum Gasteiger partial charge on any atom is -0.463 e. The molecular formula is C9H7N5O2. The smallest absolute Gasteiger partial charge is 0.376 e. The maximum atomic E-state index is 11.0. The zero-order valence-corrected chi connectivity index (χ0v) is 8.41. The van der Waals surface area contributed by atoms with Crippen LogP contribution in [0.5, 0.6) is 0 Å². The molecule has 1 rings (SSSR count). The SMILES string of the molecule is COC(=O)c1ncc(C#CCN=[N+]=[N-])cn1. The van der Waals surface area contributed by atoms with E-state index in [1.165, 1.54) is 19.5 Å². The molecule has 0 amide bonds. The molecule has 7 nitrogen and oxygen atoms in total. The van der Waals surface area contributed by atoms with Crippen molar-refractivity contribution in [3.63, 3.8) is 0 Å². The third-order valence-corrected chi connectivity index (χ3v) is 1.47. The van der Waals surface area contributed by atoms with Crippen molar-refractivity contribution >= 4 is 5.97 Å². The first-order chi connectivity index (χ1) is 7.77. The van der Waals surface area contributed by atoms with Crippen LogP contribution in [0.15, 0.2) is 17.5 Å². The molecule has 7 heteroatoms. The van der Waals surface area contributed by atoms with Crippen molar-refractivity contribution < 1.29 is 9.53 Å². The standard InChI is InChI=1S/C9H7N5O2/c1-16-9(15)8-11-5-7(6-12-8)3-2-4-13-14-10/h5-6H,4H2,1H3. The highest BCUT2D eigenvalue weighted by Crippen LogP contribution is 1.95. The molecule has 1 heterocycles. The molecule has 80 valence electrons. The average molecular weight is 217 g/mol. The number of azide groups is 1. The zero-order chi connectivity index (χ0) is 11.8. The third kappa shape index (κ3) is 3.29.